The van der Waals surface area contributed by atoms with Crippen molar-refractivity contribution in [3.63, 3.8) is 0 Å². The molecule has 1 N–H and O–H groups in total. The van der Waals surface area contributed by atoms with Crippen LogP contribution in [0.2, 0.25) is 0 Å². The predicted molar refractivity (Wildman–Crippen MR) is 96.0 cm³/mol. The molecule has 1 saturated heterocycles. The minimum atomic E-state index is 0.920. The second kappa shape index (κ2) is 8.79. The maximum Gasteiger partial charge on any atom is 0.0423 e. The zero-order chi connectivity index (χ0) is 15.1. The highest BCUT2D eigenvalue weighted by Gasteiger charge is 2.18. The number of hydrogen-bond acceptors (Lipinski definition) is 2. The summed E-state index contributed by atoms with van der Waals surface area (Å²) in [7, 11) is 0. The number of benzene rings is 1. The van der Waals surface area contributed by atoms with Crippen LogP contribution < -0.4 is 10.2 Å². The molecule has 0 radical (unpaired) electrons. The fourth-order valence-corrected chi connectivity index (χ4v) is 3.54. The molecule has 1 heterocycles. The topological polar surface area (TPSA) is 15.3 Å². The first-order chi connectivity index (χ1) is 10.2. The minimum absolute atomic E-state index is 0.920. The molecule has 0 bridgehead atoms. The Morgan fingerprint density at radius 2 is 2.10 bits per heavy atom. The molecular weight excluding hydrogens is 324 g/mol. The largest absolute Gasteiger partial charge is 0.371 e. The van der Waals surface area contributed by atoms with Crippen molar-refractivity contribution >= 4 is 21.6 Å². The van der Waals surface area contributed by atoms with Crippen LogP contribution in [-0.2, 0) is 6.54 Å². The Bertz CT molecular complexity index is 433. The lowest BCUT2D eigenvalue weighted by molar-refractivity contribution is 0.459. The summed E-state index contributed by atoms with van der Waals surface area (Å²) in [6, 6.07) is 6.73. The minimum Gasteiger partial charge on any atom is -0.371 e. The lowest BCUT2D eigenvalue weighted by Crippen LogP contribution is -2.26. The first kappa shape index (κ1) is 16.8. The zero-order valence-corrected chi connectivity index (χ0v) is 15.1. The summed E-state index contributed by atoms with van der Waals surface area (Å²) in [5, 5.41) is 3.54. The van der Waals surface area contributed by atoms with Crippen molar-refractivity contribution in [2.24, 2.45) is 5.92 Å². The van der Waals surface area contributed by atoms with E-state index >= 15 is 0 Å². The summed E-state index contributed by atoms with van der Waals surface area (Å²) in [6.07, 6.45) is 6.58. The van der Waals surface area contributed by atoms with Crippen molar-refractivity contribution in [2.75, 3.05) is 24.5 Å². The molecule has 1 fully saturated rings. The first-order valence-electron chi connectivity index (χ1n) is 8.48. The molecular formula is C18H29BrN2. The van der Waals surface area contributed by atoms with Crippen molar-refractivity contribution in [2.45, 2.75) is 52.5 Å². The summed E-state index contributed by atoms with van der Waals surface area (Å²) in [5.41, 5.74) is 2.85. The summed E-state index contributed by atoms with van der Waals surface area (Å²) in [6.45, 7) is 9.02. The Hall–Kier alpha value is -0.540. The highest BCUT2D eigenvalue weighted by Crippen LogP contribution is 2.29. The molecule has 0 aromatic heterocycles. The van der Waals surface area contributed by atoms with E-state index in [-0.39, 0.29) is 0 Å². The quantitative estimate of drug-likeness (QED) is 0.727. The van der Waals surface area contributed by atoms with Gasteiger partial charge in [-0.1, -0.05) is 42.3 Å². The van der Waals surface area contributed by atoms with E-state index in [1.54, 1.807) is 0 Å². The number of halogens is 1. The normalized spacial score (nSPS) is 19.6. The third-order valence-corrected chi connectivity index (χ3v) is 5.05. The Balaban J connectivity index is 2.10. The highest BCUT2D eigenvalue weighted by molar-refractivity contribution is 9.10. The van der Waals surface area contributed by atoms with Crippen LogP contribution in [0.4, 0.5) is 5.69 Å². The summed E-state index contributed by atoms with van der Waals surface area (Å²) < 4.78 is 1.19. The van der Waals surface area contributed by atoms with E-state index in [0.29, 0.717) is 0 Å². The molecule has 0 aliphatic carbocycles. The molecule has 1 aromatic carbocycles. The monoisotopic (exact) mass is 352 g/mol. The van der Waals surface area contributed by atoms with Crippen LogP contribution in [0.3, 0.4) is 0 Å². The first-order valence-corrected chi connectivity index (χ1v) is 9.28. The standard InChI is InChI=1S/C18H29BrN2/c1-3-10-20-14-16-7-8-17(19)13-18(16)21-11-5-6-15(4-2)9-12-21/h7-8,13,15,20H,3-6,9-12,14H2,1-2H3. The van der Waals surface area contributed by atoms with Gasteiger partial charge < -0.3 is 10.2 Å². The van der Waals surface area contributed by atoms with E-state index in [2.05, 4.69) is 58.2 Å². The van der Waals surface area contributed by atoms with Gasteiger partial charge in [-0.15, -0.1) is 0 Å². The average molecular weight is 353 g/mol. The van der Waals surface area contributed by atoms with Crippen molar-refractivity contribution in [3.05, 3.63) is 28.2 Å². The van der Waals surface area contributed by atoms with E-state index in [0.717, 1.165) is 19.0 Å². The van der Waals surface area contributed by atoms with E-state index in [1.165, 1.54) is 60.9 Å². The van der Waals surface area contributed by atoms with Crippen LogP contribution >= 0.6 is 15.9 Å². The second-order valence-corrected chi connectivity index (χ2v) is 7.06. The molecule has 0 saturated carbocycles. The molecule has 0 amide bonds. The number of nitrogens with one attached hydrogen (secondary N) is 1. The van der Waals surface area contributed by atoms with Gasteiger partial charge in [-0.2, -0.15) is 0 Å². The molecule has 1 unspecified atom stereocenters. The van der Waals surface area contributed by atoms with E-state index in [1.807, 2.05) is 0 Å². The molecule has 1 atom stereocenters. The van der Waals surface area contributed by atoms with Crippen LogP contribution in [0.5, 0.6) is 0 Å². The second-order valence-electron chi connectivity index (χ2n) is 6.14. The SMILES string of the molecule is CCCNCc1ccc(Br)cc1N1CCCC(CC)CC1. The smallest absolute Gasteiger partial charge is 0.0423 e. The maximum atomic E-state index is 3.64. The predicted octanol–water partition coefficient (Wildman–Crippen LogP) is 4.97. The highest BCUT2D eigenvalue weighted by atomic mass is 79.9. The zero-order valence-electron chi connectivity index (χ0n) is 13.5. The molecule has 0 spiro atoms. The van der Waals surface area contributed by atoms with Crippen LogP contribution in [0.1, 0.15) is 51.5 Å². The van der Waals surface area contributed by atoms with Gasteiger partial charge in [0.1, 0.15) is 0 Å². The molecule has 1 aliphatic rings. The number of rotatable bonds is 6. The van der Waals surface area contributed by atoms with Gasteiger partial charge in [0.2, 0.25) is 0 Å². The molecule has 2 rings (SSSR count). The van der Waals surface area contributed by atoms with Crippen molar-refractivity contribution < 1.29 is 0 Å². The average Bonchev–Trinajstić information content (AvgIpc) is 2.74. The van der Waals surface area contributed by atoms with Gasteiger partial charge in [0.25, 0.3) is 0 Å². The fourth-order valence-electron chi connectivity index (χ4n) is 3.20. The number of nitrogens with zero attached hydrogens (tertiary/aromatic N) is 1. The molecule has 1 aromatic rings. The van der Waals surface area contributed by atoms with Crippen molar-refractivity contribution in [1.82, 2.24) is 5.32 Å². The fraction of sp³-hybridized carbons (Fsp3) is 0.667. The maximum absolute atomic E-state index is 3.64. The molecule has 2 nitrogen and oxygen atoms in total. The molecule has 118 valence electrons. The Labute approximate surface area is 138 Å². The summed E-state index contributed by atoms with van der Waals surface area (Å²) >= 11 is 3.64. The van der Waals surface area contributed by atoms with Crippen LogP contribution in [0.25, 0.3) is 0 Å². The number of hydrogen-bond donors (Lipinski definition) is 1. The van der Waals surface area contributed by atoms with E-state index < -0.39 is 0 Å². The lowest BCUT2D eigenvalue weighted by atomic mass is 9.98. The lowest BCUT2D eigenvalue weighted by Gasteiger charge is -2.26. The summed E-state index contributed by atoms with van der Waals surface area (Å²) in [4.78, 5) is 2.60. The molecule has 3 heteroatoms. The molecule has 21 heavy (non-hydrogen) atoms. The van der Waals surface area contributed by atoms with Gasteiger partial charge in [-0.25, -0.2) is 0 Å². The third-order valence-electron chi connectivity index (χ3n) is 4.56. The van der Waals surface area contributed by atoms with Gasteiger partial charge >= 0.3 is 0 Å². The van der Waals surface area contributed by atoms with Crippen molar-refractivity contribution in [1.29, 1.82) is 0 Å². The van der Waals surface area contributed by atoms with Crippen LogP contribution in [0.15, 0.2) is 22.7 Å². The summed E-state index contributed by atoms with van der Waals surface area (Å²) in [5.74, 6) is 0.920. The van der Waals surface area contributed by atoms with Gasteiger partial charge in [0.05, 0.1) is 0 Å². The Morgan fingerprint density at radius 1 is 1.24 bits per heavy atom. The Kier molecular flexibility index (Phi) is 7.05. The third kappa shape index (κ3) is 5.00. The van der Waals surface area contributed by atoms with Gasteiger partial charge in [-0.3, -0.25) is 0 Å². The van der Waals surface area contributed by atoms with E-state index in [9.17, 15) is 0 Å². The van der Waals surface area contributed by atoms with Gasteiger partial charge in [-0.05, 0) is 55.8 Å². The van der Waals surface area contributed by atoms with Gasteiger partial charge in [0.15, 0.2) is 0 Å². The molecule has 1 aliphatic heterocycles. The Morgan fingerprint density at radius 3 is 2.86 bits per heavy atom. The van der Waals surface area contributed by atoms with Crippen molar-refractivity contribution in [3.8, 4) is 0 Å². The number of anilines is 1. The van der Waals surface area contributed by atoms with Gasteiger partial charge in [0, 0.05) is 29.8 Å². The van der Waals surface area contributed by atoms with Crippen LogP contribution in [-0.4, -0.2) is 19.6 Å². The van der Waals surface area contributed by atoms with Crippen LogP contribution in [0, 0.1) is 5.92 Å². The van der Waals surface area contributed by atoms with E-state index in [4.69, 9.17) is 0 Å².